The molecule has 4 saturated carbocycles. The summed E-state index contributed by atoms with van der Waals surface area (Å²) in [6.07, 6.45) is 8.69. The van der Waals surface area contributed by atoms with Crippen LogP contribution in [-0.2, 0) is 4.79 Å². The molecule has 3 aromatic rings. The number of fused-ring (bicyclic) bond motifs is 1. The fraction of sp³-hybridized carbons (Fsp3) is 0.379. The van der Waals surface area contributed by atoms with Crippen molar-refractivity contribution in [2.75, 3.05) is 7.11 Å². The third-order valence-corrected chi connectivity index (χ3v) is 8.89. The zero-order valence-electron chi connectivity index (χ0n) is 19.3. The van der Waals surface area contributed by atoms with Gasteiger partial charge in [0.2, 0.25) is 0 Å². The van der Waals surface area contributed by atoms with Gasteiger partial charge in [-0.1, -0.05) is 30.3 Å². The van der Waals surface area contributed by atoms with Gasteiger partial charge < -0.3 is 9.47 Å². The van der Waals surface area contributed by atoms with Crippen LogP contribution in [0.15, 0.2) is 64.1 Å². The second kappa shape index (κ2) is 8.53. The molecule has 4 aliphatic rings. The molecule has 0 unspecified atom stereocenters. The predicted octanol–water partition coefficient (Wildman–Crippen LogP) is 7.48. The van der Waals surface area contributed by atoms with Crippen LogP contribution in [0, 0.1) is 23.2 Å². The Bertz CT molecular complexity index is 1260. The normalized spacial score (nSPS) is 27.4. The molecule has 0 radical (unpaired) electrons. The van der Waals surface area contributed by atoms with Crippen LogP contribution in [-0.4, -0.2) is 19.3 Å². The van der Waals surface area contributed by atoms with E-state index in [4.69, 9.17) is 9.47 Å². The third-order valence-electron chi connectivity index (χ3n) is 8.06. The molecular formula is C29H28BrNO3. The topological polar surface area (TPSA) is 47.9 Å². The van der Waals surface area contributed by atoms with Gasteiger partial charge in [-0.2, -0.15) is 0 Å². The van der Waals surface area contributed by atoms with Gasteiger partial charge in [0.25, 0.3) is 0 Å². The first-order chi connectivity index (χ1) is 16.5. The number of rotatable bonds is 5. The molecule has 7 rings (SSSR count). The lowest BCUT2D eigenvalue weighted by Crippen LogP contribution is -2.51. The van der Waals surface area contributed by atoms with E-state index < -0.39 is 0 Å². The molecule has 0 heterocycles. The zero-order chi connectivity index (χ0) is 23.3. The van der Waals surface area contributed by atoms with E-state index in [1.807, 2.05) is 42.6 Å². The maximum Gasteiger partial charge on any atom is 0.317 e. The van der Waals surface area contributed by atoms with Crippen LogP contribution in [0.3, 0.4) is 0 Å². The SMILES string of the molecule is COc1cc(C=Nc2ccc3ccccc3c2Br)ccc1OC(=O)C12CC3CC(CC(C3)C1)C2. The van der Waals surface area contributed by atoms with Gasteiger partial charge in [-0.05, 0) is 113 Å². The third kappa shape index (κ3) is 3.84. The van der Waals surface area contributed by atoms with Crippen molar-refractivity contribution in [3.8, 4) is 11.5 Å². The van der Waals surface area contributed by atoms with E-state index in [0.717, 1.165) is 40.4 Å². The molecule has 0 aliphatic heterocycles. The smallest absolute Gasteiger partial charge is 0.317 e. The van der Waals surface area contributed by atoms with Crippen molar-refractivity contribution >= 4 is 44.6 Å². The molecule has 4 fully saturated rings. The molecule has 0 saturated heterocycles. The number of carbonyl (C=O) groups is 1. The predicted molar refractivity (Wildman–Crippen MR) is 138 cm³/mol. The van der Waals surface area contributed by atoms with Crippen molar-refractivity contribution in [1.29, 1.82) is 0 Å². The number of hydrogen-bond donors (Lipinski definition) is 0. The van der Waals surface area contributed by atoms with Crippen molar-refractivity contribution in [1.82, 2.24) is 0 Å². The Labute approximate surface area is 208 Å². The van der Waals surface area contributed by atoms with E-state index in [1.54, 1.807) is 7.11 Å². The summed E-state index contributed by atoms with van der Waals surface area (Å²) in [6, 6.07) is 17.9. The van der Waals surface area contributed by atoms with Crippen LogP contribution in [0.1, 0.15) is 44.1 Å². The Balaban J connectivity index is 1.22. The number of aliphatic imine (C=N–C) groups is 1. The minimum atomic E-state index is -0.289. The number of ether oxygens (including phenoxy) is 2. The average molecular weight is 518 g/mol. The van der Waals surface area contributed by atoms with Crippen molar-refractivity contribution in [3.05, 3.63) is 64.6 Å². The monoisotopic (exact) mass is 517 g/mol. The second-order valence-electron chi connectivity index (χ2n) is 10.4. The molecule has 3 aromatic carbocycles. The highest BCUT2D eigenvalue weighted by molar-refractivity contribution is 9.10. The molecule has 174 valence electrons. The highest BCUT2D eigenvalue weighted by Crippen LogP contribution is 2.60. The second-order valence-corrected chi connectivity index (χ2v) is 11.2. The molecule has 0 atom stereocenters. The summed E-state index contributed by atoms with van der Waals surface area (Å²) in [5.41, 5.74) is 1.45. The van der Waals surface area contributed by atoms with E-state index in [2.05, 4.69) is 39.1 Å². The van der Waals surface area contributed by atoms with Gasteiger partial charge in [-0.15, -0.1) is 0 Å². The number of esters is 1. The minimum Gasteiger partial charge on any atom is -0.493 e. The molecule has 0 spiro atoms. The molecule has 4 bridgehead atoms. The van der Waals surface area contributed by atoms with Gasteiger partial charge in [0, 0.05) is 6.21 Å². The van der Waals surface area contributed by atoms with Crippen LogP contribution in [0.25, 0.3) is 10.8 Å². The summed E-state index contributed by atoms with van der Waals surface area (Å²) in [7, 11) is 1.61. The molecular weight excluding hydrogens is 490 g/mol. The summed E-state index contributed by atoms with van der Waals surface area (Å²) < 4.78 is 12.5. The Morgan fingerprint density at radius 2 is 1.68 bits per heavy atom. The highest BCUT2D eigenvalue weighted by Gasteiger charge is 2.55. The molecule has 5 heteroatoms. The number of hydrogen-bond acceptors (Lipinski definition) is 4. The van der Waals surface area contributed by atoms with E-state index in [9.17, 15) is 4.79 Å². The summed E-state index contributed by atoms with van der Waals surface area (Å²) in [5, 5.41) is 2.29. The van der Waals surface area contributed by atoms with Gasteiger partial charge >= 0.3 is 5.97 Å². The van der Waals surface area contributed by atoms with Crippen LogP contribution in [0.2, 0.25) is 0 Å². The lowest BCUT2D eigenvalue weighted by molar-refractivity contribution is -0.161. The molecule has 0 amide bonds. The summed E-state index contributed by atoms with van der Waals surface area (Å²) >= 11 is 3.69. The first-order valence-electron chi connectivity index (χ1n) is 12.1. The van der Waals surface area contributed by atoms with Crippen molar-refractivity contribution in [2.45, 2.75) is 38.5 Å². The van der Waals surface area contributed by atoms with Crippen molar-refractivity contribution in [3.63, 3.8) is 0 Å². The van der Waals surface area contributed by atoms with Crippen LogP contribution in [0.4, 0.5) is 5.69 Å². The molecule has 0 aromatic heterocycles. The van der Waals surface area contributed by atoms with Crippen LogP contribution in [0.5, 0.6) is 11.5 Å². The van der Waals surface area contributed by atoms with Crippen LogP contribution >= 0.6 is 15.9 Å². The Kier molecular flexibility index (Phi) is 5.48. The lowest BCUT2D eigenvalue weighted by Gasteiger charge is -2.55. The lowest BCUT2D eigenvalue weighted by atomic mass is 9.49. The summed E-state index contributed by atoms with van der Waals surface area (Å²) in [5.74, 6) is 3.09. The largest absolute Gasteiger partial charge is 0.493 e. The van der Waals surface area contributed by atoms with Crippen molar-refractivity contribution < 1.29 is 14.3 Å². The Morgan fingerprint density at radius 1 is 0.971 bits per heavy atom. The number of halogens is 1. The fourth-order valence-corrected chi connectivity index (χ4v) is 7.48. The number of carbonyl (C=O) groups excluding carboxylic acids is 1. The maximum absolute atomic E-state index is 13.4. The van der Waals surface area contributed by atoms with E-state index in [1.165, 1.54) is 24.6 Å². The first kappa shape index (κ1) is 21.8. The summed E-state index contributed by atoms with van der Waals surface area (Å²) in [6.45, 7) is 0. The molecule has 34 heavy (non-hydrogen) atoms. The van der Waals surface area contributed by atoms with Gasteiger partial charge in [0.1, 0.15) is 0 Å². The highest BCUT2D eigenvalue weighted by atomic mass is 79.9. The van der Waals surface area contributed by atoms with Gasteiger partial charge in [-0.3, -0.25) is 9.79 Å². The average Bonchev–Trinajstić information content (AvgIpc) is 2.83. The standard InChI is InChI=1S/C29H28BrNO3/c1-33-26-13-18(17-31-24-8-7-22-4-2-3-5-23(22)27(24)30)6-9-25(26)34-28(32)29-14-19-10-20(15-29)12-21(11-19)16-29/h2-9,13,17,19-21H,10-12,14-16H2,1H3. The quantitative estimate of drug-likeness (QED) is 0.200. The minimum absolute atomic E-state index is 0.0635. The molecule has 0 N–H and O–H groups in total. The van der Waals surface area contributed by atoms with Crippen LogP contribution < -0.4 is 9.47 Å². The Hall–Kier alpha value is -2.66. The number of benzene rings is 3. The number of methoxy groups -OCH3 is 1. The zero-order valence-corrected chi connectivity index (χ0v) is 20.9. The van der Waals surface area contributed by atoms with Gasteiger partial charge in [0.05, 0.1) is 22.7 Å². The molecule has 4 aliphatic carbocycles. The van der Waals surface area contributed by atoms with Crippen molar-refractivity contribution in [2.24, 2.45) is 28.2 Å². The molecule has 4 nitrogen and oxygen atoms in total. The summed E-state index contributed by atoms with van der Waals surface area (Å²) in [4.78, 5) is 18.0. The Morgan fingerprint density at radius 3 is 2.38 bits per heavy atom. The van der Waals surface area contributed by atoms with E-state index >= 15 is 0 Å². The number of nitrogens with zero attached hydrogens (tertiary/aromatic N) is 1. The fourth-order valence-electron chi connectivity index (χ4n) is 6.88. The first-order valence-corrected chi connectivity index (χ1v) is 12.9. The maximum atomic E-state index is 13.4. The van der Waals surface area contributed by atoms with Gasteiger partial charge in [0.15, 0.2) is 11.5 Å². The van der Waals surface area contributed by atoms with Gasteiger partial charge in [-0.25, -0.2) is 0 Å². The van der Waals surface area contributed by atoms with E-state index in [0.29, 0.717) is 29.3 Å². The van der Waals surface area contributed by atoms with E-state index in [-0.39, 0.29) is 11.4 Å².